The van der Waals surface area contributed by atoms with Gasteiger partial charge in [0, 0.05) is 16.7 Å². The van der Waals surface area contributed by atoms with Gasteiger partial charge in [-0.3, -0.25) is 0 Å². The normalized spacial score (nSPS) is 12.0. The first kappa shape index (κ1) is 23.5. The van der Waals surface area contributed by atoms with Crippen LogP contribution < -0.4 is 9.47 Å². The Kier molecular flexibility index (Phi) is 6.44. The highest BCUT2D eigenvalue weighted by Gasteiger charge is 2.36. The van der Waals surface area contributed by atoms with Crippen molar-refractivity contribution in [3.05, 3.63) is 71.3 Å². The van der Waals surface area contributed by atoms with E-state index in [-0.39, 0.29) is 16.7 Å². The molecule has 32 heavy (non-hydrogen) atoms. The third-order valence-corrected chi connectivity index (χ3v) is 4.75. The number of halogens is 6. The van der Waals surface area contributed by atoms with Crippen molar-refractivity contribution < 1.29 is 35.8 Å². The van der Waals surface area contributed by atoms with Crippen molar-refractivity contribution >= 4 is 0 Å². The Balaban J connectivity index is 2.36. The highest BCUT2D eigenvalue weighted by molar-refractivity contribution is 5.86. The molecule has 0 aliphatic carbocycles. The molecule has 0 bridgehead atoms. The molecule has 0 atom stereocenters. The Morgan fingerprint density at radius 3 is 1.94 bits per heavy atom. The molecule has 3 aromatic carbocycles. The molecular formula is C24H20F6O2. The molecule has 0 heterocycles. The first-order valence-corrected chi connectivity index (χ1v) is 9.73. The Morgan fingerprint density at radius 2 is 1.34 bits per heavy atom. The molecule has 2 nitrogen and oxygen atoms in total. The summed E-state index contributed by atoms with van der Waals surface area (Å²) in [5, 5.41) is 0. The number of alkyl halides is 6. The van der Waals surface area contributed by atoms with Gasteiger partial charge in [-0.15, -0.1) is 26.3 Å². The zero-order valence-electron chi connectivity index (χ0n) is 17.5. The smallest absolute Gasteiger partial charge is 0.405 e. The van der Waals surface area contributed by atoms with Crippen LogP contribution in [0.5, 0.6) is 11.5 Å². The molecule has 170 valence electrons. The minimum absolute atomic E-state index is 0.112. The van der Waals surface area contributed by atoms with Crippen molar-refractivity contribution in [2.24, 2.45) is 0 Å². The summed E-state index contributed by atoms with van der Waals surface area (Å²) in [6, 6.07) is 13.6. The van der Waals surface area contributed by atoms with Gasteiger partial charge < -0.3 is 9.47 Å². The second-order valence-corrected chi connectivity index (χ2v) is 7.34. The molecule has 0 saturated carbocycles. The highest BCUT2D eigenvalue weighted by Crippen LogP contribution is 2.46. The van der Waals surface area contributed by atoms with Crippen LogP contribution in [0.4, 0.5) is 26.3 Å². The van der Waals surface area contributed by atoms with E-state index in [0.29, 0.717) is 23.1 Å². The third kappa shape index (κ3) is 5.75. The van der Waals surface area contributed by atoms with E-state index in [1.54, 1.807) is 45.0 Å². The van der Waals surface area contributed by atoms with E-state index in [4.69, 9.17) is 0 Å². The maximum Gasteiger partial charge on any atom is 0.573 e. The predicted octanol–water partition coefficient (Wildman–Crippen LogP) is 8.00. The fourth-order valence-electron chi connectivity index (χ4n) is 3.45. The van der Waals surface area contributed by atoms with Crippen molar-refractivity contribution in [3.8, 4) is 33.8 Å². The molecule has 0 radical (unpaired) electrons. The van der Waals surface area contributed by atoms with Gasteiger partial charge >= 0.3 is 12.7 Å². The van der Waals surface area contributed by atoms with Gasteiger partial charge in [-0.2, -0.15) is 0 Å². The van der Waals surface area contributed by atoms with Crippen LogP contribution in [-0.2, 0) is 6.42 Å². The summed E-state index contributed by atoms with van der Waals surface area (Å²) < 4.78 is 87.8. The van der Waals surface area contributed by atoms with Crippen LogP contribution in [0.3, 0.4) is 0 Å². The van der Waals surface area contributed by atoms with Crippen LogP contribution in [0.25, 0.3) is 22.3 Å². The molecule has 0 aliphatic rings. The minimum Gasteiger partial charge on any atom is -0.405 e. The van der Waals surface area contributed by atoms with Crippen LogP contribution in [0.15, 0.2) is 54.6 Å². The number of ether oxygens (including phenoxy) is 2. The molecule has 0 spiro atoms. The van der Waals surface area contributed by atoms with Crippen molar-refractivity contribution in [1.29, 1.82) is 0 Å². The first-order chi connectivity index (χ1) is 14.9. The van der Waals surface area contributed by atoms with Crippen molar-refractivity contribution in [2.45, 2.75) is 39.9 Å². The Morgan fingerprint density at radius 1 is 0.688 bits per heavy atom. The maximum absolute atomic E-state index is 13.4. The zero-order valence-corrected chi connectivity index (χ0v) is 17.5. The molecule has 0 aromatic heterocycles. The van der Waals surface area contributed by atoms with Gasteiger partial charge in [0.2, 0.25) is 0 Å². The molecule has 8 heteroatoms. The second kappa shape index (κ2) is 8.76. The minimum atomic E-state index is -5.06. The van der Waals surface area contributed by atoms with Gasteiger partial charge in [0.05, 0.1) is 0 Å². The van der Waals surface area contributed by atoms with Gasteiger partial charge in [0.1, 0.15) is 11.5 Å². The lowest BCUT2D eigenvalue weighted by Crippen LogP contribution is -2.19. The van der Waals surface area contributed by atoms with E-state index >= 15 is 0 Å². The summed E-state index contributed by atoms with van der Waals surface area (Å²) in [5.41, 5.74) is 2.25. The third-order valence-electron chi connectivity index (χ3n) is 4.75. The lowest BCUT2D eigenvalue weighted by molar-refractivity contribution is -0.276. The molecule has 0 N–H and O–H groups in total. The fourth-order valence-corrected chi connectivity index (χ4v) is 3.45. The van der Waals surface area contributed by atoms with E-state index in [1.807, 2.05) is 0 Å². The Hall–Kier alpha value is -3.16. The van der Waals surface area contributed by atoms with E-state index in [9.17, 15) is 26.3 Å². The van der Waals surface area contributed by atoms with E-state index in [1.165, 1.54) is 24.3 Å². The van der Waals surface area contributed by atoms with Crippen molar-refractivity contribution in [3.63, 3.8) is 0 Å². The van der Waals surface area contributed by atoms with E-state index < -0.39 is 24.2 Å². The summed E-state index contributed by atoms with van der Waals surface area (Å²) >= 11 is 0. The molecule has 0 aliphatic heterocycles. The molecule has 0 unspecified atom stereocenters. The monoisotopic (exact) mass is 454 g/mol. The Bertz CT molecular complexity index is 1120. The SMILES string of the molecule is CCc1ccc(OC(F)(F)F)c(-c2cc(C)cc(-c3cccc(C)c3)c2OC(F)(F)F)c1. The van der Waals surface area contributed by atoms with Crippen LogP contribution >= 0.6 is 0 Å². The second-order valence-electron chi connectivity index (χ2n) is 7.34. The molecular weight excluding hydrogens is 434 g/mol. The Labute approximate surface area is 181 Å². The van der Waals surface area contributed by atoms with Crippen LogP contribution in [0.1, 0.15) is 23.6 Å². The first-order valence-electron chi connectivity index (χ1n) is 9.73. The van der Waals surface area contributed by atoms with Gasteiger partial charge in [0.25, 0.3) is 0 Å². The fraction of sp³-hybridized carbons (Fsp3) is 0.250. The molecule has 3 rings (SSSR count). The van der Waals surface area contributed by atoms with Crippen LogP contribution in [0, 0.1) is 13.8 Å². The van der Waals surface area contributed by atoms with Gasteiger partial charge in [-0.1, -0.05) is 42.8 Å². The number of benzene rings is 3. The summed E-state index contributed by atoms with van der Waals surface area (Å²) in [6.07, 6.45) is -9.61. The molecule has 0 saturated heterocycles. The summed E-state index contributed by atoms with van der Waals surface area (Å²) in [6.45, 7) is 5.21. The van der Waals surface area contributed by atoms with Gasteiger partial charge in [0.15, 0.2) is 0 Å². The molecule has 3 aromatic rings. The molecule has 0 fully saturated rings. The highest BCUT2D eigenvalue weighted by atomic mass is 19.4. The molecule has 0 amide bonds. The van der Waals surface area contributed by atoms with Crippen LogP contribution in [-0.4, -0.2) is 12.7 Å². The lowest BCUT2D eigenvalue weighted by Gasteiger charge is -2.21. The quantitative estimate of drug-likeness (QED) is 0.364. The standard InChI is InChI=1S/C24H20F6O2/c1-4-16-8-9-21(31-23(25,26)27)19(13-16)20-12-15(3)11-18(22(20)32-24(28,29)30)17-7-5-6-14(2)10-17/h5-13H,4H2,1-3H3. The van der Waals surface area contributed by atoms with Crippen molar-refractivity contribution in [1.82, 2.24) is 0 Å². The average molecular weight is 454 g/mol. The largest absolute Gasteiger partial charge is 0.573 e. The summed E-state index contributed by atoms with van der Waals surface area (Å²) in [5.74, 6) is -1.20. The predicted molar refractivity (Wildman–Crippen MR) is 110 cm³/mol. The summed E-state index contributed by atoms with van der Waals surface area (Å²) in [4.78, 5) is 0. The topological polar surface area (TPSA) is 18.5 Å². The van der Waals surface area contributed by atoms with E-state index in [2.05, 4.69) is 9.47 Å². The van der Waals surface area contributed by atoms with Crippen molar-refractivity contribution in [2.75, 3.05) is 0 Å². The lowest BCUT2D eigenvalue weighted by atomic mass is 9.92. The zero-order chi connectivity index (χ0) is 23.7. The van der Waals surface area contributed by atoms with Crippen LogP contribution in [0.2, 0.25) is 0 Å². The number of rotatable bonds is 5. The maximum atomic E-state index is 13.4. The van der Waals surface area contributed by atoms with Gasteiger partial charge in [-0.05, 0) is 61.2 Å². The summed E-state index contributed by atoms with van der Waals surface area (Å²) in [7, 11) is 0. The average Bonchev–Trinajstić information content (AvgIpc) is 2.67. The van der Waals surface area contributed by atoms with E-state index in [0.717, 1.165) is 11.6 Å². The number of hydrogen-bond acceptors (Lipinski definition) is 2. The van der Waals surface area contributed by atoms with Gasteiger partial charge in [-0.25, -0.2) is 0 Å². The number of aryl methyl sites for hydroxylation is 3. The number of hydrogen-bond donors (Lipinski definition) is 0.